The summed E-state index contributed by atoms with van der Waals surface area (Å²) in [6, 6.07) is 17.8. The number of carbonyl (C=O) groups is 3. The number of hydrogen-bond donors (Lipinski definition) is 3. The minimum Gasteiger partial charge on any atom is -0.481 e. The van der Waals surface area contributed by atoms with Crippen molar-refractivity contribution in [1.82, 2.24) is 10.7 Å². The average Bonchev–Trinajstić information content (AvgIpc) is 2.89. The Kier molecular flexibility index (Phi) is 11.2. The van der Waals surface area contributed by atoms with Gasteiger partial charge in [-0.25, -0.2) is 10.2 Å². The molecule has 39 heavy (non-hydrogen) atoms. The van der Waals surface area contributed by atoms with Gasteiger partial charge >= 0.3 is 5.97 Å². The summed E-state index contributed by atoms with van der Waals surface area (Å²) in [5.74, 6) is -1.53. The molecule has 3 N–H and O–H groups in total. The molecule has 0 saturated heterocycles. The molecule has 0 radical (unpaired) electrons. The molecule has 3 aromatic carbocycles. The summed E-state index contributed by atoms with van der Waals surface area (Å²) in [6.45, 7) is 1.06. The van der Waals surface area contributed by atoms with Crippen molar-refractivity contribution >= 4 is 63.1 Å². The first kappa shape index (κ1) is 29.9. The number of carbonyl (C=O) groups excluding carboxylic acids is 2. The second kappa shape index (κ2) is 14.5. The minimum absolute atomic E-state index is 0.212. The highest BCUT2D eigenvalue weighted by molar-refractivity contribution is 9.10. The summed E-state index contributed by atoms with van der Waals surface area (Å²) in [7, 11) is 0. The molecule has 3 aromatic rings. The van der Waals surface area contributed by atoms with Crippen LogP contribution in [0.5, 0.6) is 11.5 Å². The van der Waals surface area contributed by atoms with E-state index in [1.807, 2.05) is 30.3 Å². The molecule has 0 saturated carbocycles. The predicted molar refractivity (Wildman–Crippen MR) is 152 cm³/mol. The largest absolute Gasteiger partial charge is 0.481 e. The fraction of sp³-hybridized carbons (Fsp3) is 0.185. The number of hydrazone groups is 1. The van der Waals surface area contributed by atoms with Crippen LogP contribution in [0, 0.1) is 0 Å². The van der Waals surface area contributed by atoms with Gasteiger partial charge in [0.05, 0.1) is 15.7 Å². The quantitative estimate of drug-likeness (QED) is 0.192. The molecule has 3 rings (SSSR count). The maximum absolute atomic E-state index is 13.0. The van der Waals surface area contributed by atoms with Gasteiger partial charge in [0.2, 0.25) is 0 Å². The Labute approximate surface area is 243 Å². The van der Waals surface area contributed by atoms with Gasteiger partial charge in [0.25, 0.3) is 11.8 Å². The molecular formula is C27H24BrCl2N3O6. The van der Waals surface area contributed by atoms with Gasteiger partial charge in [-0.15, -0.1) is 0 Å². The summed E-state index contributed by atoms with van der Waals surface area (Å²) >= 11 is 15.4. The summed E-state index contributed by atoms with van der Waals surface area (Å²) in [4.78, 5) is 36.6. The van der Waals surface area contributed by atoms with Crippen molar-refractivity contribution in [3.05, 3.63) is 92.4 Å². The van der Waals surface area contributed by atoms with Gasteiger partial charge in [-0.1, -0.05) is 53.5 Å². The van der Waals surface area contributed by atoms with E-state index in [0.29, 0.717) is 20.8 Å². The van der Waals surface area contributed by atoms with Crippen LogP contribution in [0.3, 0.4) is 0 Å². The number of aliphatic carboxylic acids is 1. The minimum atomic E-state index is -1.10. The third kappa shape index (κ3) is 9.58. The lowest BCUT2D eigenvalue weighted by Crippen LogP contribution is -2.50. The first-order valence-corrected chi connectivity index (χ1v) is 13.1. The number of carboxylic acids is 1. The number of nitrogens with one attached hydrogen (secondary N) is 2. The van der Waals surface area contributed by atoms with Crippen molar-refractivity contribution < 1.29 is 29.0 Å². The van der Waals surface area contributed by atoms with Gasteiger partial charge < -0.3 is 19.9 Å². The third-order valence-corrected chi connectivity index (χ3v) is 6.33. The monoisotopic (exact) mass is 635 g/mol. The lowest BCUT2D eigenvalue weighted by molar-refractivity contribution is -0.139. The first-order chi connectivity index (χ1) is 18.6. The molecule has 0 heterocycles. The molecule has 0 aliphatic heterocycles. The van der Waals surface area contributed by atoms with Gasteiger partial charge in [-0.3, -0.25) is 9.59 Å². The van der Waals surface area contributed by atoms with E-state index >= 15 is 0 Å². The van der Waals surface area contributed by atoms with Crippen LogP contribution >= 0.6 is 39.1 Å². The topological polar surface area (TPSA) is 126 Å². The Morgan fingerprint density at radius 3 is 2.41 bits per heavy atom. The molecule has 2 amide bonds. The van der Waals surface area contributed by atoms with E-state index in [0.717, 1.165) is 5.56 Å². The Balaban J connectivity index is 1.67. The molecular weight excluding hydrogens is 613 g/mol. The highest BCUT2D eigenvalue weighted by atomic mass is 79.9. The molecule has 0 aliphatic carbocycles. The summed E-state index contributed by atoms with van der Waals surface area (Å²) in [5, 5.41) is 16.1. The number of rotatable bonds is 12. The Hall–Kier alpha value is -3.60. The van der Waals surface area contributed by atoms with Gasteiger partial charge in [-0.2, -0.15) is 5.10 Å². The van der Waals surface area contributed by atoms with Crippen molar-refractivity contribution in [2.75, 3.05) is 6.61 Å². The molecule has 204 valence electrons. The highest BCUT2D eigenvalue weighted by Crippen LogP contribution is 2.28. The van der Waals surface area contributed by atoms with Gasteiger partial charge in [-0.05, 0) is 70.4 Å². The van der Waals surface area contributed by atoms with Crippen LogP contribution in [0.2, 0.25) is 10.0 Å². The summed E-state index contributed by atoms with van der Waals surface area (Å²) < 4.78 is 11.4. The van der Waals surface area contributed by atoms with Gasteiger partial charge in [0.15, 0.2) is 12.7 Å². The number of nitrogens with zero attached hydrogens (tertiary/aromatic N) is 1. The zero-order chi connectivity index (χ0) is 28.4. The van der Waals surface area contributed by atoms with Crippen molar-refractivity contribution in [1.29, 1.82) is 0 Å². The van der Waals surface area contributed by atoms with Crippen molar-refractivity contribution in [2.24, 2.45) is 5.10 Å². The molecule has 0 fully saturated rings. The number of halogens is 3. The van der Waals surface area contributed by atoms with Gasteiger partial charge in [0, 0.05) is 11.4 Å². The fourth-order valence-electron chi connectivity index (χ4n) is 3.27. The van der Waals surface area contributed by atoms with Crippen molar-refractivity contribution in [3.8, 4) is 11.5 Å². The Morgan fingerprint density at radius 2 is 1.74 bits per heavy atom. The molecule has 0 unspecified atom stereocenters. The molecule has 0 bridgehead atoms. The molecule has 2 atom stereocenters. The van der Waals surface area contributed by atoms with E-state index in [2.05, 4.69) is 31.8 Å². The second-order valence-corrected chi connectivity index (χ2v) is 9.89. The standard InChI is InChI=1S/C27H24BrCl2N3O6/c1-16(39-24-10-8-19(29)13-21(24)30)26(36)32-22(12-17-5-3-2-4-6-17)27(37)33-31-14-18-7-9-23(20(28)11-18)38-15-25(34)35/h2-11,13-14,16,22H,12,15H2,1H3,(H,32,36)(H,33,37)(H,34,35)/b31-14-/t16-,22-/m0/s1. The zero-order valence-corrected chi connectivity index (χ0v) is 23.7. The van der Waals surface area contributed by atoms with E-state index < -0.39 is 36.5 Å². The first-order valence-electron chi connectivity index (χ1n) is 11.6. The molecule has 0 spiro atoms. The normalized spacial score (nSPS) is 12.4. The Morgan fingerprint density at radius 1 is 1.03 bits per heavy atom. The van der Waals surface area contributed by atoms with E-state index in [-0.39, 0.29) is 17.2 Å². The number of amides is 2. The Bertz CT molecular complexity index is 1360. The van der Waals surface area contributed by atoms with Crippen LogP contribution < -0.4 is 20.2 Å². The number of benzene rings is 3. The predicted octanol–water partition coefficient (Wildman–Crippen LogP) is 4.86. The van der Waals surface area contributed by atoms with E-state index in [1.165, 1.54) is 19.2 Å². The van der Waals surface area contributed by atoms with Crippen LogP contribution in [0.25, 0.3) is 0 Å². The van der Waals surface area contributed by atoms with E-state index in [9.17, 15) is 14.4 Å². The van der Waals surface area contributed by atoms with Crippen LogP contribution in [-0.4, -0.2) is 47.9 Å². The van der Waals surface area contributed by atoms with Gasteiger partial charge in [0.1, 0.15) is 17.5 Å². The maximum Gasteiger partial charge on any atom is 0.341 e. The molecule has 0 aromatic heterocycles. The summed E-state index contributed by atoms with van der Waals surface area (Å²) in [5.41, 5.74) is 3.89. The number of ether oxygens (including phenoxy) is 2. The number of carboxylic acid groups (broad SMARTS) is 1. The molecule has 0 aliphatic rings. The average molecular weight is 637 g/mol. The lowest BCUT2D eigenvalue weighted by Gasteiger charge is -2.21. The fourth-order valence-corrected chi connectivity index (χ4v) is 4.23. The number of hydrogen-bond acceptors (Lipinski definition) is 6. The van der Waals surface area contributed by atoms with Crippen molar-refractivity contribution in [3.63, 3.8) is 0 Å². The third-order valence-electron chi connectivity index (χ3n) is 5.18. The van der Waals surface area contributed by atoms with Crippen LogP contribution in [-0.2, 0) is 20.8 Å². The highest BCUT2D eigenvalue weighted by Gasteiger charge is 2.25. The van der Waals surface area contributed by atoms with Crippen LogP contribution in [0.1, 0.15) is 18.1 Å². The zero-order valence-electron chi connectivity index (χ0n) is 20.6. The maximum atomic E-state index is 13.0. The van der Waals surface area contributed by atoms with E-state index in [1.54, 1.807) is 30.3 Å². The van der Waals surface area contributed by atoms with Crippen LogP contribution in [0.15, 0.2) is 76.3 Å². The van der Waals surface area contributed by atoms with Crippen LogP contribution in [0.4, 0.5) is 0 Å². The molecule has 12 heteroatoms. The smallest absolute Gasteiger partial charge is 0.341 e. The summed E-state index contributed by atoms with van der Waals surface area (Å²) in [6.07, 6.45) is 0.653. The lowest BCUT2D eigenvalue weighted by atomic mass is 10.1. The van der Waals surface area contributed by atoms with E-state index in [4.69, 9.17) is 37.8 Å². The molecule has 9 nitrogen and oxygen atoms in total. The van der Waals surface area contributed by atoms with Crippen molar-refractivity contribution in [2.45, 2.75) is 25.5 Å². The SMILES string of the molecule is C[C@H](Oc1ccc(Cl)cc1Cl)C(=O)N[C@@H](Cc1ccccc1)C(=O)N/N=C\c1ccc(OCC(=O)O)c(Br)c1. The second-order valence-electron chi connectivity index (χ2n) is 8.19.